The van der Waals surface area contributed by atoms with Crippen LogP contribution in [-0.2, 0) is 17.9 Å². The number of aromatic nitrogens is 2. The molecule has 2 heterocycles. The Hall–Kier alpha value is -2.99. The van der Waals surface area contributed by atoms with Crippen LogP contribution in [0.3, 0.4) is 0 Å². The average molecular weight is 377 g/mol. The molecule has 0 spiro atoms. The minimum atomic E-state index is -0.206. The van der Waals surface area contributed by atoms with Crippen molar-refractivity contribution in [2.45, 2.75) is 26.9 Å². The summed E-state index contributed by atoms with van der Waals surface area (Å²) in [6.07, 6.45) is 0. The lowest BCUT2D eigenvalue weighted by Gasteiger charge is -2.10. The minimum Gasteiger partial charge on any atom is -0.350 e. The third-order valence-corrected chi connectivity index (χ3v) is 5.73. The molecule has 0 aliphatic heterocycles. The van der Waals surface area contributed by atoms with Crippen LogP contribution in [0.1, 0.15) is 17.0 Å². The van der Waals surface area contributed by atoms with Gasteiger partial charge in [-0.1, -0.05) is 48.0 Å². The lowest BCUT2D eigenvalue weighted by Crippen LogP contribution is -2.33. The minimum absolute atomic E-state index is 0.0340. The van der Waals surface area contributed by atoms with E-state index in [2.05, 4.69) is 10.3 Å². The molecule has 4 aromatic rings. The van der Waals surface area contributed by atoms with Gasteiger partial charge in [0.05, 0.1) is 5.52 Å². The van der Waals surface area contributed by atoms with Crippen LogP contribution < -0.4 is 10.9 Å². The topological polar surface area (TPSA) is 64.0 Å². The van der Waals surface area contributed by atoms with E-state index in [1.165, 1.54) is 21.5 Å². The highest BCUT2D eigenvalue weighted by Gasteiger charge is 2.15. The highest BCUT2D eigenvalue weighted by Crippen LogP contribution is 2.30. The van der Waals surface area contributed by atoms with Gasteiger partial charge in [-0.3, -0.25) is 14.2 Å². The molecule has 0 fully saturated rings. The van der Waals surface area contributed by atoms with Crippen molar-refractivity contribution in [3.05, 3.63) is 75.8 Å². The highest BCUT2D eigenvalue weighted by atomic mass is 32.1. The third-order valence-electron chi connectivity index (χ3n) is 4.58. The molecule has 136 valence electrons. The molecule has 0 saturated carbocycles. The number of carbonyl (C=O) groups excluding carboxylic acids is 1. The molecule has 0 aliphatic carbocycles. The van der Waals surface area contributed by atoms with E-state index in [1.807, 2.05) is 55.5 Å². The van der Waals surface area contributed by atoms with E-state index in [0.29, 0.717) is 17.1 Å². The van der Waals surface area contributed by atoms with Crippen molar-refractivity contribution in [2.75, 3.05) is 0 Å². The standard InChI is InChI=1S/C21H19N3O2S/c1-13-7-9-15(10-8-13)11-22-18(25)12-24-14(2)23-19-16-5-3-4-6-17(16)27-20(19)21(24)26/h3-10H,11-12H2,1-2H3,(H,22,25). The van der Waals surface area contributed by atoms with E-state index in [-0.39, 0.29) is 18.0 Å². The SMILES string of the molecule is Cc1ccc(CNC(=O)Cn2c(C)nc3c(sc4ccccc43)c2=O)cc1. The zero-order chi connectivity index (χ0) is 19.0. The first-order valence-electron chi connectivity index (χ1n) is 8.74. The molecule has 6 heteroatoms. The van der Waals surface area contributed by atoms with Crippen LogP contribution in [0.5, 0.6) is 0 Å². The number of thiophene rings is 1. The van der Waals surface area contributed by atoms with Gasteiger partial charge in [0.1, 0.15) is 17.1 Å². The van der Waals surface area contributed by atoms with Crippen LogP contribution in [0.25, 0.3) is 20.3 Å². The molecule has 2 aromatic heterocycles. The van der Waals surface area contributed by atoms with E-state index in [9.17, 15) is 9.59 Å². The number of nitrogens with one attached hydrogen (secondary N) is 1. The van der Waals surface area contributed by atoms with Crippen molar-refractivity contribution >= 4 is 37.5 Å². The molecule has 0 bridgehead atoms. The van der Waals surface area contributed by atoms with Crippen molar-refractivity contribution in [3.8, 4) is 0 Å². The number of fused-ring (bicyclic) bond motifs is 3. The fourth-order valence-electron chi connectivity index (χ4n) is 3.07. The Morgan fingerprint density at radius 1 is 1.11 bits per heavy atom. The van der Waals surface area contributed by atoms with Gasteiger partial charge in [-0.2, -0.15) is 0 Å². The van der Waals surface area contributed by atoms with Crippen LogP contribution in [0.2, 0.25) is 0 Å². The normalized spacial score (nSPS) is 11.2. The summed E-state index contributed by atoms with van der Waals surface area (Å²) in [5, 5.41) is 3.85. The maximum atomic E-state index is 12.9. The van der Waals surface area contributed by atoms with Gasteiger partial charge in [0.2, 0.25) is 5.91 Å². The maximum Gasteiger partial charge on any atom is 0.272 e. The van der Waals surface area contributed by atoms with E-state index >= 15 is 0 Å². The Labute approximate surface area is 160 Å². The summed E-state index contributed by atoms with van der Waals surface area (Å²) in [6.45, 7) is 4.19. The number of hydrogen-bond acceptors (Lipinski definition) is 4. The second kappa shape index (κ2) is 6.96. The summed E-state index contributed by atoms with van der Waals surface area (Å²) < 4.78 is 3.06. The summed E-state index contributed by atoms with van der Waals surface area (Å²) in [6, 6.07) is 15.8. The number of rotatable bonds is 4. The lowest BCUT2D eigenvalue weighted by molar-refractivity contribution is -0.121. The molecule has 1 amide bonds. The predicted molar refractivity (Wildman–Crippen MR) is 109 cm³/mol. The fraction of sp³-hybridized carbons (Fsp3) is 0.190. The van der Waals surface area contributed by atoms with Crippen molar-refractivity contribution in [1.82, 2.24) is 14.9 Å². The molecule has 0 atom stereocenters. The first-order chi connectivity index (χ1) is 13.0. The smallest absolute Gasteiger partial charge is 0.272 e. The van der Waals surface area contributed by atoms with E-state index in [4.69, 9.17) is 0 Å². The molecule has 1 N–H and O–H groups in total. The number of hydrogen-bond donors (Lipinski definition) is 1. The molecule has 2 aromatic carbocycles. The second-order valence-corrected chi connectivity index (χ2v) is 7.64. The molecule has 5 nitrogen and oxygen atoms in total. The van der Waals surface area contributed by atoms with Gasteiger partial charge in [0, 0.05) is 16.6 Å². The van der Waals surface area contributed by atoms with E-state index < -0.39 is 0 Å². The molecule has 4 rings (SSSR count). The largest absolute Gasteiger partial charge is 0.350 e. The molecular weight excluding hydrogens is 358 g/mol. The predicted octanol–water partition coefficient (Wildman–Crippen LogP) is 3.54. The molecule has 27 heavy (non-hydrogen) atoms. The number of amides is 1. The number of aryl methyl sites for hydroxylation is 2. The lowest BCUT2D eigenvalue weighted by atomic mass is 10.1. The molecule has 0 unspecified atom stereocenters. The quantitative estimate of drug-likeness (QED) is 0.592. The van der Waals surface area contributed by atoms with Crippen LogP contribution in [0.4, 0.5) is 0 Å². The summed E-state index contributed by atoms with van der Waals surface area (Å²) >= 11 is 1.42. The summed E-state index contributed by atoms with van der Waals surface area (Å²) in [7, 11) is 0. The zero-order valence-electron chi connectivity index (χ0n) is 15.2. The zero-order valence-corrected chi connectivity index (χ0v) is 16.0. The van der Waals surface area contributed by atoms with Crippen molar-refractivity contribution < 1.29 is 4.79 Å². The van der Waals surface area contributed by atoms with E-state index in [1.54, 1.807) is 6.92 Å². The molecule has 0 aliphatic rings. The maximum absolute atomic E-state index is 12.9. The second-order valence-electron chi connectivity index (χ2n) is 6.59. The van der Waals surface area contributed by atoms with Crippen LogP contribution in [0, 0.1) is 13.8 Å². The third kappa shape index (κ3) is 3.36. The van der Waals surface area contributed by atoms with Crippen LogP contribution in [0.15, 0.2) is 53.3 Å². The van der Waals surface area contributed by atoms with Gasteiger partial charge in [-0.25, -0.2) is 4.98 Å². The van der Waals surface area contributed by atoms with Gasteiger partial charge < -0.3 is 5.32 Å². The number of benzene rings is 2. The first-order valence-corrected chi connectivity index (χ1v) is 9.55. The summed E-state index contributed by atoms with van der Waals surface area (Å²) in [5.41, 5.74) is 2.75. The Balaban J connectivity index is 1.59. The molecule has 0 radical (unpaired) electrons. The summed E-state index contributed by atoms with van der Waals surface area (Å²) in [5.74, 6) is 0.338. The Bertz CT molecular complexity index is 1210. The number of nitrogens with zero attached hydrogens (tertiary/aromatic N) is 2. The van der Waals surface area contributed by atoms with Crippen molar-refractivity contribution in [2.24, 2.45) is 0 Å². The van der Waals surface area contributed by atoms with Gasteiger partial charge in [-0.15, -0.1) is 11.3 Å². The molecular formula is C21H19N3O2S. The van der Waals surface area contributed by atoms with Gasteiger partial charge in [0.25, 0.3) is 5.56 Å². The Morgan fingerprint density at radius 3 is 2.63 bits per heavy atom. The Morgan fingerprint density at radius 2 is 1.85 bits per heavy atom. The van der Waals surface area contributed by atoms with Crippen molar-refractivity contribution in [3.63, 3.8) is 0 Å². The van der Waals surface area contributed by atoms with Crippen LogP contribution in [-0.4, -0.2) is 15.5 Å². The first kappa shape index (κ1) is 17.4. The van der Waals surface area contributed by atoms with Gasteiger partial charge >= 0.3 is 0 Å². The molecule has 0 saturated heterocycles. The average Bonchev–Trinajstić information content (AvgIpc) is 3.03. The van der Waals surface area contributed by atoms with E-state index in [0.717, 1.165) is 21.2 Å². The Kier molecular flexibility index (Phi) is 4.49. The van der Waals surface area contributed by atoms with Gasteiger partial charge in [0.15, 0.2) is 0 Å². The fourth-order valence-corrected chi connectivity index (χ4v) is 4.16. The van der Waals surface area contributed by atoms with Crippen LogP contribution >= 0.6 is 11.3 Å². The summed E-state index contributed by atoms with van der Waals surface area (Å²) in [4.78, 5) is 29.9. The highest BCUT2D eigenvalue weighted by molar-refractivity contribution is 7.25. The van der Waals surface area contributed by atoms with Crippen molar-refractivity contribution in [1.29, 1.82) is 0 Å². The monoisotopic (exact) mass is 377 g/mol. The number of carbonyl (C=O) groups is 1. The van der Waals surface area contributed by atoms with Gasteiger partial charge in [-0.05, 0) is 25.5 Å².